The van der Waals surface area contributed by atoms with Crippen molar-refractivity contribution >= 4 is 0 Å². The molecule has 0 amide bonds. The van der Waals surface area contributed by atoms with Crippen LogP contribution in [0.2, 0.25) is 0 Å². The topological polar surface area (TPSA) is 44.7 Å². The van der Waals surface area contributed by atoms with Gasteiger partial charge in [0.05, 0.1) is 0 Å². The SMILES string of the molecule is CC[C@@H](NCC1(N2CCCCC2)CCOCC1)c1ccccc1O. The third kappa shape index (κ3) is 3.93. The second-order valence-corrected chi connectivity index (χ2v) is 7.28. The van der Waals surface area contributed by atoms with Crippen LogP contribution in [0.15, 0.2) is 24.3 Å². The Bertz CT molecular complexity index is 508. The molecule has 0 bridgehead atoms. The van der Waals surface area contributed by atoms with Gasteiger partial charge in [0.2, 0.25) is 0 Å². The summed E-state index contributed by atoms with van der Waals surface area (Å²) in [6.45, 7) is 7.33. The third-order valence-electron chi connectivity index (χ3n) is 5.85. The first-order chi connectivity index (χ1) is 11.7. The third-order valence-corrected chi connectivity index (χ3v) is 5.85. The number of nitrogens with zero attached hydrogens (tertiary/aromatic N) is 1. The highest BCUT2D eigenvalue weighted by Crippen LogP contribution is 2.32. The Kier molecular flexibility index (Phi) is 6.14. The molecule has 24 heavy (non-hydrogen) atoms. The van der Waals surface area contributed by atoms with Crippen LogP contribution in [0, 0.1) is 0 Å². The minimum absolute atomic E-state index is 0.204. The van der Waals surface area contributed by atoms with Crippen LogP contribution in [-0.4, -0.2) is 48.4 Å². The largest absolute Gasteiger partial charge is 0.508 e. The van der Waals surface area contributed by atoms with E-state index in [0.717, 1.165) is 44.6 Å². The minimum atomic E-state index is 0.204. The average Bonchev–Trinajstić information content (AvgIpc) is 2.65. The summed E-state index contributed by atoms with van der Waals surface area (Å²) in [5.74, 6) is 0.399. The van der Waals surface area contributed by atoms with Crippen LogP contribution in [0.4, 0.5) is 0 Å². The van der Waals surface area contributed by atoms with Crippen molar-refractivity contribution in [2.45, 2.75) is 57.0 Å². The van der Waals surface area contributed by atoms with Gasteiger partial charge < -0.3 is 15.2 Å². The Labute approximate surface area is 146 Å². The van der Waals surface area contributed by atoms with Gasteiger partial charge in [-0.25, -0.2) is 0 Å². The van der Waals surface area contributed by atoms with Gasteiger partial charge in [-0.2, -0.15) is 0 Å². The molecule has 2 aliphatic rings. The normalized spacial score (nSPS) is 23.0. The van der Waals surface area contributed by atoms with Gasteiger partial charge in [0.25, 0.3) is 0 Å². The highest BCUT2D eigenvalue weighted by atomic mass is 16.5. The number of rotatable bonds is 6. The zero-order valence-corrected chi connectivity index (χ0v) is 15.0. The van der Waals surface area contributed by atoms with Gasteiger partial charge in [-0.15, -0.1) is 0 Å². The van der Waals surface area contributed by atoms with Crippen molar-refractivity contribution < 1.29 is 9.84 Å². The number of hydrogen-bond acceptors (Lipinski definition) is 4. The quantitative estimate of drug-likeness (QED) is 0.837. The number of likely N-dealkylation sites (tertiary alicyclic amines) is 1. The molecular weight excluding hydrogens is 300 g/mol. The van der Waals surface area contributed by atoms with Crippen LogP contribution in [0.1, 0.15) is 57.1 Å². The van der Waals surface area contributed by atoms with E-state index in [2.05, 4.69) is 17.1 Å². The van der Waals surface area contributed by atoms with Crippen LogP contribution < -0.4 is 5.32 Å². The summed E-state index contributed by atoms with van der Waals surface area (Å²) in [6.07, 6.45) is 7.20. The first-order valence-corrected chi connectivity index (χ1v) is 9.59. The van der Waals surface area contributed by atoms with Gasteiger partial charge in [-0.05, 0) is 51.3 Å². The molecule has 1 atom stereocenters. The van der Waals surface area contributed by atoms with Crippen molar-refractivity contribution in [2.24, 2.45) is 0 Å². The van der Waals surface area contributed by atoms with E-state index in [1.54, 1.807) is 6.07 Å². The standard InChI is InChI=1S/C20H32N2O2/c1-2-18(17-8-4-5-9-19(17)23)21-16-20(10-14-24-15-11-20)22-12-6-3-7-13-22/h4-5,8-9,18,21,23H,2-3,6-7,10-16H2,1H3/t18-/m1/s1. The number of nitrogens with one attached hydrogen (secondary N) is 1. The lowest BCUT2D eigenvalue weighted by Crippen LogP contribution is -2.59. The smallest absolute Gasteiger partial charge is 0.120 e. The second kappa shape index (κ2) is 8.32. The minimum Gasteiger partial charge on any atom is -0.508 e. The second-order valence-electron chi connectivity index (χ2n) is 7.28. The lowest BCUT2D eigenvalue weighted by Gasteiger charge is -2.48. The van der Waals surface area contributed by atoms with Crippen molar-refractivity contribution in [3.63, 3.8) is 0 Å². The van der Waals surface area contributed by atoms with Gasteiger partial charge in [0, 0.05) is 36.9 Å². The zero-order valence-electron chi connectivity index (χ0n) is 15.0. The predicted molar refractivity (Wildman–Crippen MR) is 97.3 cm³/mol. The summed E-state index contributed by atoms with van der Waals surface area (Å²) in [4.78, 5) is 2.71. The van der Waals surface area contributed by atoms with E-state index in [0.29, 0.717) is 5.75 Å². The van der Waals surface area contributed by atoms with Gasteiger partial charge in [-0.3, -0.25) is 4.90 Å². The van der Waals surface area contributed by atoms with Gasteiger partial charge in [-0.1, -0.05) is 31.5 Å². The number of benzene rings is 1. The molecule has 2 aliphatic heterocycles. The lowest BCUT2D eigenvalue weighted by atomic mass is 9.85. The summed E-state index contributed by atoms with van der Waals surface area (Å²) in [7, 11) is 0. The fraction of sp³-hybridized carbons (Fsp3) is 0.700. The van der Waals surface area contributed by atoms with E-state index in [-0.39, 0.29) is 11.6 Å². The molecule has 2 saturated heterocycles. The van der Waals surface area contributed by atoms with E-state index < -0.39 is 0 Å². The van der Waals surface area contributed by atoms with E-state index in [9.17, 15) is 5.11 Å². The zero-order chi connectivity index (χ0) is 16.8. The Balaban J connectivity index is 1.71. The molecule has 0 saturated carbocycles. The molecule has 1 aromatic carbocycles. The fourth-order valence-electron chi connectivity index (χ4n) is 4.29. The maximum atomic E-state index is 10.2. The molecule has 0 spiro atoms. The Morgan fingerprint density at radius 3 is 2.54 bits per heavy atom. The highest BCUT2D eigenvalue weighted by molar-refractivity contribution is 5.34. The first kappa shape index (κ1) is 17.7. The molecule has 2 fully saturated rings. The van der Waals surface area contributed by atoms with Crippen molar-refractivity contribution in [2.75, 3.05) is 32.8 Å². The van der Waals surface area contributed by atoms with E-state index in [1.807, 2.05) is 18.2 Å². The monoisotopic (exact) mass is 332 g/mol. The predicted octanol–water partition coefficient (Wildman–Crippen LogP) is 3.47. The molecule has 2 N–H and O–H groups in total. The van der Waals surface area contributed by atoms with Gasteiger partial charge in [0.15, 0.2) is 0 Å². The molecular formula is C20H32N2O2. The molecule has 4 nitrogen and oxygen atoms in total. The molecule has 3 rings (SSSR count). The van der Waals surface area contributed by atoms with Crippen molar-refractivity contribution in [3.8, 4) is 5.75 Å². The van der Waals surface area contributed by atoms with E-state index in [4.69, 9.17) is 4.74 Å². The van der Waals surface area contributed by atoms with Gasteiger partial charge >= 0.3 is 0 Å². The summed E-state index contributed by atoms with van der Waals surface area (Å²) < 4.78 is 5.66. The summed E-state index contributed by atoms with van der Waals surface area (Å²) in [6, 6.07) is 7.92. The van der Waals surface area contributed by atoms with Crippen LogP contribution in [0.25, 0.3) is 0 Å². The average molecular weight is 332 g/mol. The number of ether oxygens (including phenoxy) is 1. The lowest BCUT2D eigenvalue weighted by molar-refractivity contribution is -0.0369. The molecule has 1 aromatic rings. The Morgan fingerprint density at radius 1 is 1.17 bits per heavy atom. The van der Waals surface area contributed by atoms with Crippen molar-refractivity contribution in [3.05, 3.63) is 29.8 Å². The number of phenolic OH excluding ortho intramolecular Hbond substituents is 1. The molecule has 2 heterocycles. The number of para-hydroxylation sites is 1. The Morgan fingerprint density at radius 2 is 1.88 bits per heavy atom. The maximum absolute atomic E-state index is 10.2. The number of hydrogen-bond donors (Lipinski definition) is 2. The number of phenols is 1. The molecule has 0 unspecified atom stereocenters. The van der Waals surface area contributed by atoms with E-state index >= 15 is 0 Å². The fourth-order valence-corrected chi connectivity index (χ4v) is 4.29. The van der Waals surface area contributed by atoms with Crippen LogP contribution >= 0.6 is 0 Å². The maximum Gasteiger partial charge on any atom is 0.120 e. The van der Waals surface area contributed by atoms with Crippen molar-refractivity contribution in [1.82, 2.24) is 10.2 Å². The Hall–Kier alpha value is -1.10. The molecule has 0 aliphatic carbocycles. The number of piperidine rings is 1. The highest BCUT2D eigenvalue weighted by Gasteiger charge is 2.39. The summed E-state index contributed by atoms with van der Waals surface area (Å²) in [5, 5.41) is 14.0. The molecule has 134 valence electrons. The number of aromatic hydroxyl groups is 1. The summed E-state index contributed by atoms with van der Waals surface area (Å²) >= 11 is 0. The van der Waals surface area contributed by atoms with E-state index in [1.165, 1.54) is 32.4 Å². The van der Waals surface area contributed by atoms with Crippen molar-refractivity contribution in [1.29, 1.82) is 0 Å². The summed E-state index contributed by atoms with van der Waals surface area (Å²) in [5.41, 5.74) is 1.23. The van der Waals surface area contributed by atoms with Gasteiger partial charge in [0.1, 0.15) is 5.75 Å². The van der Waals surface area contributed by atoms with Crippen LogP contribution in [-0.2, 0) is 4.74 Å². The molecule has 4 heteroatoms. The van der Waals surface area contributed by atoms with Crippen LogP contribution in [0.3, 0.4) is 0 Å². The molecule has 0 radical (unpaired) electrons. The molecule has 0 aromatic heterocycles. The van der Waals surface area contributed by atoms with Crippen LogP contribution in [0.5, 0.6) is 5.75 Å². The first-order valence-electron chi connectivity index (χ1n) is 9.59.